The molecule has 16 heteroatoms. The fraction of sp³-hybridized carbons (Fsp3) is 0.408. The summed E-state index contributed by atoms with van der Waals surface area (Å²) < 4.78 is 47.7. The van der Waals surface area contributed by atoms with Crippen LogP contribution in [0.2, 0.25) is 0 Å². The standard InChI is InChI=1S/C28H33N5O2S.C21H25N5O2S/c1-28(2,3)36(34)32-23(17-20-9-5-4-6-10-20)21-12-14-22(15-13-21)25-26-27(30-18-29-25)33(19-31-26)24-11-7-8-16-35-24;1-21(2,3)29(27)25-12-15-7-9-16(10-8-15)18-19-20(23-13-22-18)26(14-24-19)17-6-4-5-11-28-17/h4-6,9-10,12-15,18-19,23-24,32H,7-8,11,16-17H2,1-3H3;7-10,12-14,17H,4-6,11H2,1-3H3. The Morgan fingerprint density at radius 1 is 0.677 bits per heavy atom. The minimum atomic E-state index is -1.27. The SMILES string of the molecule is CC(C)(C)S(=O)N=Cc1ccc(-c2ncnc3c2ncn3C2CCCCO2)cc1.CC(C)(C)S(=O)NC(Cc1ccccc1)c1ccc(-c2ncnc3c2ncn3C2CCCCO2)cc1. The summed E-state index contributed by atoms with van der Waals surface area (Å²) in [5, 5.41) is 0. The lowest BCUT2D eigenvalue weighted by Gasteiger charge is -2.25. The van der Waals surface area contributed by atoms with E-state index in [1.807, 2.05) is 99.5 Å². The highest BCUT2D eigenvalue weighted by Crippen LogP contribution is 2.32. The van der Waals surface area contributed by atoms with Crippen LogP contribution in [-0.4, -0.2) is 76.4 Å². The molecule has 0 saturated carbocycles. The largest absolute Gasteiger partial charge is 0.358 e. The molecule has 2 fully saturated rings. The third kappa shape index (κ3) is 11.2. The number of nitrogens with zero attached hydrogens (tertiary/aromatic N) is 9. The van der Waals surface area contributed by atoms with Crippen molar-refractivity contribution in [1.82, 2.24) is 43.8 Å². The summed E-state index contributed by atoms with van der Waals surface area (Å²) in [5.74, 6) is 0. The summed E-state index contributed by atoms with van der Waals surface area (Å²) in [6.07, 6.45) is 15.5. The lowest BCUT2D eigenvalue weighted by molar-refractivity contribution is -0.0299. The van der Waals surface area contributed by atoms with E-state index in [0.717, 1.165) is 114 Å². The molecule has 1 N–H and O–H groups in total. The summed E-state index contributed by atoms with van der Waals surface area (Å²) in [6.45, 7) is 13.2. The van der Waals surface area contributed by atoms with Crippen molar-refractivity contribution in [3.05, 3.63) is 121 Å². The van der Waals surface area contributed by atoms with E-state index in [9.17, 15) is 8.42 Å². The molecule has 0 amide bonds. The molecule has 65 heavy (non-hydrogen) atoms. The van der Waals surface area contributed by atoms with E-state index in [2.05, 4.69) is 75.4 Å². The average molecular weight is 915 g/mol. The zero-order chi connectivity index (χ0) is 45.6. The number of fused-ring (bicyclic) bond motifs is 2. The lowest BCUT2D eigenvalue weighted by Crippen LogP contribution is -2.36. The van der Waals surface area contributed by atoms with E-state index in [1.165, 1.54) is 5.56 Å². The second-order valence-electron chi connectivity index (χ2n) is 18.3. The van der Waals surface area contributed by atoms with E-state index >= 15 is 0 Å². The molecule has 2 saturated heterocycles. The van der Waals surface area contributed by atoms with Gasteiger partial charge in [0.2, 0.25) is 0 Å². The van der Waals surface area contributed by atoms with Crippen LogP contribution in [0.1, 0.15) is 115 Å². The Balaban J connectivity index is 0.000000181. The molecular formula is C49H58N10O4S2. The number of aromatic nitrogens is 8. The number of imidazole rings is 2. The quantitative estimate of drug-likeness (QED) is 0.124. The second kappa shape index (κ2) is 20.4. The first-order valence-electron chi connectivity index (χ1n) is 22.3. The first-order chi connectivity index (χ1) is 31.3. The number of hydrogen-bond acceptors (Lipinski definition) is 10. The van der Waals surface area contributed by atoms with Crippen LogP contribution in [0.15, 0.2) is 109 Å². The van der Waals surface area contributed by atoms with E-state index in [4.69, 9.17) is 9.47 Å². The van der Waals surface area contributed by atoms with Gasteiger partial charge in [-0.15, -0.1) is 0 Å². The predicted octanol–water partition coefficient (Wildman–Crippen LogP) is 9.60. The molecule has 3 aromatic carbocycles. The van der Waals surface area contributed by atoms with Gasteiger partial charge >= 0.3 is 0 Å². The number of nitrogens with one attached hydrogen (secondary N) is 1. The Bertz CT molecular complexity index is 2750. The Morgan fingerprint density at radius 3 is 1.68 bits per heavy atom. The van der Waals surface area contributed by atoms with Gasteiger partial charge in [-0.1, -0.05) is 78.9 Å². The van der Waals surface area contributed by atoms with E-state index in [-0.39, 0.29) is 28.0 Å². The van der Waals surface area contributed by atoms with Gasteiger partial charge in [0, 0.05) is 36.6 Å². The minimum absolute atomic E-state index is 0.0150. The summed E-state index contributed by atoms with van der Waals surface area (Å²) in [6, 6.07) is 26.3. The van der Waals surface area contributed by atoms with E-state index in [1.54, 1.807) is 25.2 Å². The highest BCUT2D eigenvalue weighted by Gasteiger charge is 2.26. The van der Waals surface area contributed by atoms with Crippen LogP contribution >= 0.6 is 0 Å². The second-order valence-corrected chi connectivity index (χ2v) is 22.2. The molecule has 0 bridgehead atoms. The van der Waals surface area contributed by atoms with Crippen molar-refractivity contribution < 1.29 is 17.9 Å². The molecule has 2 aliphatic rings. The highest BCUT2D eigenvalue weighted by molar-refractivity contribution is 7.85. The molecule has 0 aliphatic carbocycles. The Labute approximate surface area is 386 Å². The van der Waals surface area contributed by atoms with Crippen molar-refractivity contribution in [2.75, 3.05) is 13.2 Å². The molecule has 14 nitrogen and oxygen atoms in total. The van der Waals surface area contributed by atoms with Gasteiger partial charge in [0.1, 0.15) is 58.5 Å². The minimum Gasteiger partial charge on any atom is -0.358 e. The fourth-order valence-corrected chi connectivity index (χ4v) is 9.05. The molecule has 5 unspecified atom stereocenters. The van der Waals surface area contributed by atoms with Gasteiger partial charge in [-0.2, -0.15) is 4.40 Å². The van der Waals surface area contributed by atoms with Gasteiger partial charge in [0.25, 0.3) is 0 Å². The summed E-state index contributed by atoms with van der Waals surface area (Å²) in [5.41, 5.74) is 9.76. The van der Waals surface area contributed by atoms with Crippen LogP contribution in [0.25, 0.3) is 44.8 Å². The average Bonchev–Trinajstić information content (AvgIpc) is 3.97. The molecule has 9 rings (SSSR count). The number of benzene rings is 3. The molecular weight excluding hydrogens is 857 g/mol. The zero-order valence-corrected chi connectivity index (χ0v) is 39.6. The highest BCUT2D eigenvalue weighted by atomic mass is 32.2. The van der Waals surface area contributed by atoms with Gasteiger partial charge < -0.3 is 9.47 Å². The maximum Gasteiger partial charge on any atom is 0.165 e. The van der Waals surface area contributed by atoms with Crippen molar-refractivity contribution in [3.63, 3.8) is 0 Å². The first kappa shape index (κ1) is 46.2. The molecule has 2 aliphatic heterocycles. The Morgan fingerprint density at radius 2 is 1.20 bits per heavy atom. The summed E-state index contributed by atoms with van der Waals surface area (Å²) >= 11 is 0. The summed E-state index contributed by atoms with van der Waals surface area (Å²) in [4.78, 5) is 27.2. The molecule has 4 aromatic heterocycles. The van der Waals surface area contributed by atoms with Crippen molar-refractivity contribution in [3.8, 4) is 22.5 Å². The summed E-state index contributed by atoms with van der Waals surface area (Å²) in [7, 11) is -2.47. The molecule has 0 radical (unpaired) electrons. The van der Waals surface area contributed by atoms with E-state index < -0.39 is 22.0 Å². The van der Waals surface area contributed by atoms with Crippen LogP contribution in [0.5, 0.6) is 0 Å². The molecule has 5 atom stereocenters. The Kier molecular flexibility index (Phi) is 14.5. The topological polar surface area (TPSA) is 164 Å². The van der Waals surface area contributed by atoms with Crippen molar-refractivity contribution >= 4 is 50.5 Å². The predicted molar refractivity (Wildman–Crippen MR) is 259 cm³/mol. The fourth-order valence-electron chi connectivity index (χ4n) is 7.68. The molecule has 7 aromatic rings. The van der Waals surface area contributed by atoms with E-state index in [0.29, 0.717) is 0 Å². The van der Waals surface area contributed by atoms with Gasteiger partial charge in [-0.05, 0) is 103 Å². The Hall–Kier alpha value is -5.39. The van der Waals surface area contributed by atoms with Crippen LogP contribution in [0.3, 0.4) is 0 Å². The first-order valence-corrected chi connectivity index (χ1v) is 24.6. The van der Waals surface area contributed by atoms with Gasteiger partial charge in [0.05, 0.1) is 33.1 Å². The molecule has 0 spiro atoms. The maximum absolute atomic E-state index is 13.0. The molecule has 340 valence electrons. The van der Waals surface area contributed by atoms with Crippen LogP contribution < -0.4 is 4.72 Å². The van der Waals surface area contributed by atoms with Crippen molar-refractivity contribution in [1.29, 1.82) is 0 Å². The van der Waals surface area contributed by atoms with Gasteiger partial charge in [-0.25, -0.2) is 43.0 Å². The lowest BCUT2D eigenvalue weighted by atomic mass is 9.98. The maximum atomic E-state index is 13.0. The number of rotatable bonds is 11. The number of ether oxygens (including phenoxy) is 2. The smallest absolute Gasteiger partial charge is 0.165 e. The monoisotopic (exact) mass is 914 g/mol. The molecule has 6 heterocycles. The van der Waals surface area contributed by atoms with Crippen molar-refractivity contribution in [2.24, 2.45) is 4.40 Å². The normalized spacial score (nSPS) is 18.6. The van der Waals surface area contributed by atoms with Gasteiger partial charge in [0.15, 0.2) is 11.3 Å². The third-order valence-corrected chi connectivity index (χ3v) is 14.3. The van der Waals surface area contributed by atoms with Crippen LogP contribution in [0.4, 0.5) is 0 Å². The third-order valence-electron chi connectivity index (χ3n) is 11.3. The van der Waals surface area contributed by atoms with Crippen LogP contribution in [-0.2, 0) is 37.9 Å². The van der Waals surface area contributed by atoms with Crippen molar-refractivity contribution in [2.45, 2.75) is 114 Å². The zero-order valence-electron chi connectivity index (χ0n) is 38.0. The van der Waals surface area contributed by atoms with Gasteiger partial charge in [-0.3, -0.25) is 9.13 Å². The number of hydrogen-bond donors (Lipinski definition) is 1. The van der Waals surface area contributed by atoms with Crippen LogP contribution in [0, 0.1) is 0 Å².